The second-order valence-corrected chi connectivity index (χ2v) is 3.58. The fourth-order valence-electron chi connectivity index (χ4n) is 1.45. The number of aliphatic hydroxyl groups is 1. The maximum absolute atomic E-state index is 11.9. The molecule has 1 amide bonds. The summed E-state index contributed by atoms with van der Waals surface area (Å²) >= 11 is 0. The lowest BCUT2D eigenvalue weighted by Crippen LogP contribution is -2.41. The summed E-state index contributed by atoms with van der Waals surface area (Å²) in [6.07, 6.45) is -0.0454. The molecule has 1 atom stereocenters. The van der Waals surface area contributed by atoms with Crippen molar-refractivity contribution in [2.45, 2.75) is 12.5 Å². The molecule has 1 aromatic carbocycles. The molecule has 0 saturated carbocycles. The number of para-hydroxylation sites is 1. The number of rotatable bonds is 6. The number of carboxylic acids is 1. The van der Waals surface area contributed by atoms with Gasteiger partial charge in [0.25, 0.3) is 5.91 Å². The molecule has 18 heavy (non-hydrogen) atoms. The smallest absolute Gasteiger partial charge is 0.326 e. The van der Waals surface area contributed by atoms with Gasteiger partial charge in [0.1, 0.15) is 11.8 Å². The van der Waals surface area contributed by atoms with Crippen LogP contribution < -0.4 is 10.1 Å². The first-order valence-electron chi connectivity index (χ1n) is 5.37. The minimum Gasteiger partial charge on any atom is -0.496 e. The van der Waals surface area contributed by atoms with E-state index in [-0.39, 0.29) is 18.6 Å². The molecule has 0 radical (unpaired) electrons. The number of ether oxygens (including phenoxy) is 1. The molecule has 0 unspecified atom stereocenters. The standard InChI is InChI=1S/C12H15NO5/c1-18-10-5-3-2-4-8(10)11(15)13-9(6-7-14)12(16)17/h2-5,9,14H,6-7H2,1H3,(H,13,15)(H,16,17)/t9-/m0/s1. The first-order valence-corrected chi connectivity index (χ1v) is 5.37. The largest absolute Gasteiger partial charge is 0.496 e. The van der Waals surface area contributed by atoms with Crippen LogP contribution in [0.5, 0.6) is 5.75 Å². The number of amides is 1. The number of carbonyl (C=O) groups excluding carboxylic acids is 1. The lowest BCUT2D eigenvalue weighted by Gasteiger charge is -2.14. The van der Waals surface area contributed by atoms with Gasteiger partial charge < -0.3 is 20.3 Å². The number of benzene rings is 1. The average Bonchev–Trinajstić information content (AvgIpc) is 2.37. The third kappa shape index (κ3) is 3.46. The first-order chi connectivity index (χ1) is 8.60. The van der Waals surface area contributed by atoms with Gasteiger partial charge in [0.2, 0.25) is 0 Å². The van der Waals surface area contributed by atoms with Crippen molar-refractivity contribution in [3.63, 3.8) is 0 Å². The fourth-order valence-corrected chi connectivity index (χ4v) is 1.45. The van der Waals surface area contributed by atoms with Crippen LogP contribution in [0.3, 0.4) is 0 Å². The highest BCUT2D eigenvalue weighted by Crippen LogP contribution is 2.17. The van der Waals surface area contributed by atoms with Crippen LogP contribution in [0.2, 0.25) is 0 Å². The van der Waals surface area contributed by atoms with E-state index < -0.39 is 17.9 Å². The highest BCUT2D eigenvalue weighted by atomic mass is 16.5. The number of hydrogen-bond donors (Lipinski definition) is 3. The Bertz CT molecular complexity index is 432. The molecular weight excluding hydrogens is 238 g/mol. The van der Waals surface area contributed by atoms with E-state index in [1.165, 1.54) is 13.2 Å². The molecule has 1 aromatic rings. The van der Waals surface area contributed by atoms with Crippen molar-refractivity contribution in [3.05, 3.63) is 29.8 Å². The van der Waals surface area contributed by atoms with E-state index >= 15 is 0 Å². The van der Waals surface area contributed by atoms with Gasteiger partial charge in [-0.1, -0.05) is 12.1 Å². The predicted molar refractivity (Wildman–Crippen MR) is 63.6 cm³/mol. The van der Waals surface area contributed by atoms with Gasteiger partial charge in [-0.05, 0) is 12.1 Å². The van der Waals surface area contributed by atoms with Crippen molar-refractivity contribution in [2.75, 3.05) is 13.7 Å². The Labute approximate surface area is 104 Å². The Balaban J connectivity index is 2.83. The molecule has 6 nitrogen and oxygen atoms in total. The van der Waals surface area contributed by atoms with Crippen LogP contribution in [0.1, 0.15) is 16.8 Å². The monoisotopic (exact) mass is 253 g/mol. The number of aliphatic hydroxyl groups excluding tert-OH is 1. The van der Waals surface area contributed by atoms with E-state index in [2.05, 4.69) is 5.32 Å². The van der Waals surface area contributed by atoms with Gasteiger partial charge in [-0.25, -0.2) is 4.79 Å². The molecule has 0 heterocycles. The number of aliphatic carboxylic acids is 1. The maximum atomic E-state index is 11.9. The topological polar surface area (TPSA) is 95.9 Å². The summed E-state index contributed by atoms with van der Waals surface area (Å²) in [5.74, 6) is -1.37. The summed E-state index contributed by atoms with van der Waals surface area (Å²) in [7, 11) is 1.43. The summed E-state index contributed by atoms with van der Waals surface area (Å²) in [6, 6.07) is 5.38. The van der Waals surface area contributed by atoms with Gasteiger partial charge in [0.15, 0.2) is 0 Å². The van der Waals surface area contributed by atoms with Crippen molar-refractivity contribution in [1.29, 1.82) is 0 Å². The minimum absolute atomic E-state index is 0.0454. The number of nitrogens with one attached hydrogen (secondary N) is 1. The van der Waals surface area contributed by atoms with Gasteiger partial charge in [-0.3, -0.25) is 4.79 Å². The zero-order chi connectivity index (χ0) is 13.5. The van der Waals surface area contributed by atoms with Crippen molar-refractivity contribution in [1.82, 2.24) is 5.32 Å². The van der Waals surface area contributed by atoms with Crippen molar-refractivity contribution >= 4 is 11.9 Å². The molecule has 0 aromatic heterocycles. The maximum Gasteiger partial charge on any atom is 0.326 e. The first kappa shape index (κ1) is 14.0. The van der Waals surface area contributed by atoms with Crippen LogP contribution in [-0.2, 0) is 4.79 Å². The fraction of sp³-hybridized carbons (Fsp3) is 0.333. The molecule has 0 aliphatic heterocycles. The van der Waals surface area contributed by atoms with Crippen LogP contribution in [-0.4, -0.2) is 41.8 Å². The summed E-state index contributed by atoms with van der Waals surface area (Å²) in [6.45, 7) is -0.316. The Morgan fingerprint density at radius 2 is 2.06 bits per heavy atom. The SMILES string of the molecule is COc1ccccc1C(=O)N[C@@H](CCO)C(=O)O. The zero-order valence-corrected chi connectivity index (χ0v) is 9.92. The molecule has 0 saturated heterocycles. The van der Waals surface area contributed by atoms with Crippen molar-refractivity contribution in [2.24, 2.45) is 0 Å². The molecule has 3 N–H and O–H groups in total. The molecule has 0 spiro atoms. The summed E-state index contributed by atoms with van der Waals surface area (Å²) in [4.78, 5) is 22.7. The average molecular weight is 253 g/mol. The Morgan fingerprint density at radius 3 is 2.61 bits per heavy atom. The highest BCUT2D eigenvalue weighted by molar-refractivity contribution is 5.98. The summed E-state index contributed by atoms with van der Waals surface area (Å²) in [5, 5.41) is 19.9. The summed E-state index contributed by atoms with van der Waals surface area (Å²) < 4.78 is 5.01. The van der Waals surface area contributed by atoms with Crippen LogP contribution in [0.25, 0.3) is 0 Å². The Hall–Kier alpha value is -2.08. The number of methoxy groups -OCH3 is 1. The van der Waals surface area contributed by atoms with Crippen LogP contribution >= 0.6 is 0 Å². The third-order valence-electron chi connectivity index (χ3n) is 2.37. The predicted octanol–water partition coefficient (Wildman–Crippen LogP) is 0.261. The minimum atomic E-state index is -1.19. The zero-order valence-electron chi connectivity index (χ0n) is 9.92. The van der Waals surface area contributed by atoms with Crippen LogP contribution in [0, 0.1) is 0 Å². The van der Waals surface area contributed by atoms with Crippen LogP contribution in [0.15, 0.2) is 24.3 Å². The lowest BCUT2D eigenvalue weighted by molar-refractivity contribution is -0.139. The number of carbonyl (C=O) groups is 2. The van der Waals surface area contributed by atoms with E-state index in [0.717, 1.165) is 0 Å². The normalized spacial score (nSPS) is 11.7. The Morgan fingerprint density at radius 1 is 1.39 bits per heavy atom. The van der Waals surface area contributed by atoms with E-state index in [1.54, 1.807) is 18.2 Å². The van der Waals surface area contributed by atoms with E-state index in [1.807, 2.05) is 0 Å². The van der Waals surface area contributed by atoms with Gasteiger partial charge in [-0.2, -0.15) is 0 Å². The second-order valence-electron chi connectivity index (χ2n) is 3.58. The molecule has 98 valence electrons. The van der Waals surface area contributed by atoms with Gasteiger partial charge in [0.05, 0.1) is 12.7 Å². The molecular formula is C12H15NO5. The van der Waals surface area contributed by atoms with Gasteiger partial charge in [-0.15, -0.1) is 0 Å². The number of carboxylic acid groups (broad SMARTS) is 1. The van der Waals surface area contributed by atoms with Gasteiger partial charge in [0, 0.05) is 13.0 Å². The quantitative estimate of drug-likeness (QED) is 0.676. The third-order valence-corrected chi connectivity index (χ3v) is 2.37. The molecule has 0 aliphatic carbocycles. The Kier molecular flexibility index (Phi) is 5.13. The van der Waals surface area contributed by atoms with E-state index in [0.29, 0.717) is 5.75 Å². The highest BCUT2D eigenvalue weighted by Gasteiger charge is 2.21. The lowest BCUT2D eigenvalue weighted by atomic mass is 10.1. The van der Waals surface area contributed by atoms with E-state index in [4.69, 9.17) is 14.9 Å². The van der Waals surface area contributed by atoms with Gasteiger partial charge >= 0.3 is 5.97 Å². The van der Waals surface area contributed by atoms with Crippen molar-refractivity contribution in [3.8, 4) is 5.75 Å². The molecule has 0 bridgehead atoms. The van der Waals surface area contributed by atoms with Crippen molar-refractivity contribution < 1.29 is 24.5 Å². The number of hydrogen-bond acceptors (Lipinski definition) is 4. The molecule has 0 fully saturated rings. The van der Waals surface area contributed by atoms with Crippen LogP contribution in [0.4, 0.5) is 0 Å². The van der Waals surface area contributed by atoms with E-state index in [9.17, 15) is 9.59 Å². The molecule has 6 heteroatoms. The summed E-state index contributed by atoms with van der Waals surface area (Å²) in [5.41, 5.74) is 0.254. The molecule has 1 rings (SSSR count). The second kappa shape index (κ2) is 6.61. The molecule has 0 aliphatic rings.